The van der Waals surface area contributed by atoms with Gasteiger partial charge in [-0.3, -0.25) is 4.79 Å². The van der Waals surface area contributed by atoms with Gasteiger partial charge in [0.2, 0.25) is 12.2 Å². The number of carbonyl (C=O) groups excluding carboxylic acids is 8. The molecule has 14 aliphatic rings. The van der Waals surface area contributed by atoms with Gasteiger partial charge in [-0.25, -0.2) is 33.6 Å². The van der Waals surface area contributed by atoms with E-state index in [0.29, 0.717) is 61.5 Å². The molecule has 3 N–H and O–H groups in total. The highest BCUT2D eigenvalue weighted by molar-refractivity contribution is 5.90. The second-order valence-electron chi connectivity index (χ2n) is 25.0. The van der Waals surface area contributed by atoms with Gasteiger partial charge in [0.1, 0.15) is 29.0 Å². The van der Waals surface area contributed by atoms with Gasteiger partial charge in [0.15, 0.2) is 12.2 Å². The van der Waals surface area contributed by atoms with E-state index in [2.05, 4.69) is 32.9 Å². The summed E-state index contributed by atoms with van der Waals surface area (Å²) in [6, 6.07) is 0. The van der Waals surface area contributed by atoms with Gasteiger partial charge in [0.25, 0.3) is 0 Å². The summed E-state index contributed by atoms with van der Waals surface area (Å²) in [5.74, 6) is -2.19. The van der Waals surface area contributed by atoms with Gasteiger partial charge in [-0.1, -0.05) is 32.9 Å². The van der Waals surface area contributed by atoms with Crippen LogP contribution in [0, 0.1) is 29.6 Å². The summed E-state index contributed by atoms with van der Waals surface area (Å²) in [4.78, 5) is 90.5. The van der Waals surface area contributed by atoms with Gasteiger partial charge >= 0.3 is 47.8 Å². The zero-order valence-corrected chi connectivity index (χ0v) is 45.4. The first-order valence-corrected chi connectivity index (χ1v) is 27.1. The van der Waals surface area contributed by atoms with Crippen LogP contribution in [-0.2, 0) is 81.0 Å². The molecule has 5 aliphatic heterocycles. The molecule has 0 aromatic rings. The summed E-state index contributed by atoms with van der Waals surface area (Å²) in [5.41, 5.74) is -2.81. The Balaban J connectivity index is 0.000000129. The molecule has 5 heterocycles. The van der Waals surface area contributed by atoms with E-state index in [1.807, 2.05) is 0 Å². The summed E-state index contributed by atoms with van der Waals surface area (Å²) in [6.07, 6.45) is 12.2. The first-order chi connectivity index (χ1) is 36.4. The topological polar surface area (TPSA) is 280 Å². The van der Waals surface area contributed by atoms with Crippen LogP contribution in [0.1, 0.15) is 144 Å². The Bertz CT molecular complexity index is 2490. The maximum absolute atomic E-state index is 11.8. The monoisotopic (exact) mass is 1090 g/mol. The minimum atomic E-state index is -0.858. The molecule has 78 heavy (non-hydrogen) atoms. The van der Waals surface area contributed by atoms with Crippen molar-refractivity contribution < 1.29 is 96.3 Å². The van der Waals surface area contributed by atoms with Crippen LogP contribution >= 0.6 is 0 Å². The van der Waals surface area contributed by atoms with Crippen LogP contribution in [0.3, 0.4) is 0 Å². The number of rotatable bonds is 10. The van der Waals surface area contributed by atoms with Gasteiger partial charge in [-0.05, 0) is 129 Å². The largest absolute Gasteiger partial charge is 0.459 e. The predicted molar refractivity (Wildman–Crippen MR) is 272 cm³/mol. The Morgan fingerprint density at radius 1 is 0.577 bits per heavy atom. The zero-order valence-electron chi connectivity index (χ0n) is 45.4. The van der Waals surface area contributed by atoms with Crippen molar-refractivity contribution >= 4 is 47.8 Å². The van der Waals surface area contributed by atoms with Gasteiger partial charge in [0, 0.05) is 66.9 Å². The first-order valence-electron chi connectivity index (χ1n) is 27.1. The first kappa shape index (κ1) is 58.4. The van der Waals surface area contributed by atoms with Gasteiger partial charge < -0.3 is 58.0 Å². The minimum Gasteiger partial charge on any atom is -0.459 e. The van der Waals surface area contributed by atoms with Gasteiger partial charge in [-0.15, -0.1) is 0 Å². The molecule has 9 aliphatic carbocycles. The predicted octanol–water partition coefficient (Wildman–Crippen LogP) is 5.30. The van der Waals surface area contributed by atoms with Crippen molar-refractivity contribution in [2.45, 2.75) is 220 Å². The summed E-state index contributed by atoms with van der Waals surface area (Å²) < 4.78 is 47.0. The van der Waals surface area contributed by atoms with E-state index >= 15 is 0 Å². The molecule has 0 radical (unpaired) electrons. The highest BCUT2D eigenvalue weighted by atomic mass is 16.7. The van der Waals surface area contributed by atoms with Gasteiger partial charge in [-0.2, -0.15) is 0 Å². The van der Waals surface area contributed by atoms with E-state index in [4.69, 9.17) is 42.6 Å². The van der Waals surface area contributed by atoms with Crippen molar-refractivity contribution in [3.05, 3.63) is 61.8 Å². The average Bonchev–Trinajstić information content (AvgIpc) is 4.20. The Morgan fingerprint density at radius 2 is 1.12 bits per heavy atom. The molecular weight excluding hydrogens is 1020 g/mol. The van der Waals surface area contributed by atoms with Crippen molar-refractivity contribution in [1.29, 1.82) is 0 Å². The fourth-order valence-corrected chi connectivity index (χ4v) is 15.1. The lowest BCUT2D eigenvalue weighted by atomic mass is 9.50. The van der Waals surface area contributed by atoms with E-state index in [1.54, 1.807) is 27.7 Å². The number of carbonyl (C=O) groups is 8. The minimum absolute atomic E-state index is 0.0369. The van der Waals surface area contributed by atoms with Crippen molar-refractivity contribution in [2.24, 2.45) is 29.6 Å². The van der Waals surface area contributed by atoms with Crippen LogP contribution in [0.4, 0.5) is 0 Å². The molecule has 428 valence electrons. The number of fused-ring (bicyclic) bond motifs is 2. The molecule has 0 spiro atoms. The van der Waals surface area contributed by atoms with Crippen molar-refractivity contribution in [3.8, 4) is 0 Å². The van der Waals surface area contributed by atoms with E-state index in [9.17, 15) is 53.7 Å². The fourth-order valence-electron chi connectivity index (χ4n) is 15.1. The normalized spacial score (nSPS) is 40.9. The highest BCUT2D eigenvalue weighted by Crippen LogP contribution is 2.61. The van der Waals surface area contributed by atoms with Gasteiger partial charge in [0.05, 0.1) is 28.8 Å². The Morgan fingerprint density at radius 3 is 1.64 bits per heavy atom. The molecule has 20 heteroatoms. The lowest BCUT2D eigenvalue weighted by molar-refractivity contribution is -0.260. The van der Waals surface area contributed by atoms with Crippen LogP contribution in [0.2, 0.25) is 0 Å². The lowest BCUT2D eigenvalue weighted by Gasteiger charge is -2.62. The standard InChI is InChI=1S/C14H20O4.C14H20O3.C10H10O5.C10H12O4.C10H14O4/c1-9(2)11(15)18-14-5-10-3-12(16,7-14)6-13(17,4-10)8-14;1-9(2)12(15)17-14-6-10-3-11(7-14)5-13(16,4-10)8-14;1-2-6(11)14-8-5-3-4-7(13-5)9(8)15-10(4)12;1-2-8(11)14-9-6-4-3-5-7(6)13-10(9)12;1-6(2)8(11)13-7-5-10(3,4)14-9(7)12/h10,16-17H,1,3-8H2,2H3;10-11,16H,1,3-8H2,2H3;2,4-5,7-9H,1,3H2;2,6-7,9H,1,3-5H2;7H,1,5H2,2-4H3. The molecule has 9 saturated carbocycles. The molecule has 13 atom stereocenters. The van der Waals surface area contributed by atoms with Crippen molar-refractivity contribution in [3.63, 3.8) is 0 Å². The summed E-state index contributed by atoms with van der Waals surface area (Å²) in [5, 5.41) is 31.5. The molecule has 0 aromatic carbocycles. The van der Waals surface area contributed by atoms with Crippen LogP contribution in [0.15, 0.2) is 61.8 Å². The van der Waals surface area contributed by atoms with Crippen LogP contribution in [-0.4, -0.2) is 139 Å². The summed E-state index contributed by atoms with van der Waals surface area (Å²) >= 11 is 0. The highest BCUT2D eigenvalue weighted by Gasteiger charge is 2.66. The molecule has 0 aromatic heterocycles. The lowest BCUT2D eigenvalue weighted by Crippen LogP contribution is -2.66. The molecular formula is C58H76O20. The number of esters is 8. The quantitative estimate of drug-likeness (QED) is 0.142. The molecule has 10 bridgehead atoms. The number of aliphatic hydroxyl groups is 3. The number of hydrogen-bond donors (Lipinski definition) is 3. The SMILES string of the molecule is C=C(C)C(=O)OC12CC3CC(CC(O)(C3)C1)C2.C=C(C)C(=O)OC12CC3CC(O)(CC(O)(C3)C1)C2.C=C(C)C(=O)OC1CC(C)(C)OC1=O.C=CC(=O)OC1C(=O)OC2CCCC21.C=CC(=O)OC1C2CC3C(=O)OC1C3O2. The summed E-state index contributed by atoms with van der Waals surface area (Å²) in [6.45, 7) is 25.6. The molecule has 13 unspecified atom stereocenters. The smallest absolute Gasteiger partial charge is 0.348 e. The van der Waals surface area contributed by atoms with E-state index in [-0.39, 0.29) is 53.6 Å². The van der Waals surface area contributed by atoms with Crippen LogP contribution < -0.4 is 0 Å². The van der Waals surface area contributed by atoms with Crippen molar-refractivity contribution in [1.82, 2.24) is 0 Å². The number of hydrogen-bond acceptors (Lipinski definition) is 20. The molecule has 0 amide bonds. The molecule has 14 fully saturated rings. The zero-order chi connectivity index (χ0) is 57.1. The van der Waals surface area contributed by atoms with Crippen LogP contribution in [0.5, 0.6) is 0 Å². The Labute approximate surface area is 454 Å². The second-order valence-corrected chi connectivity index (χ2v) is 25.0. The van der Waals surface area contributed by atoms with E-state index < -0.39 is 93.8 Å². The number of ether oxygens (including phenoxy) is 9. The van der Waals surface area contributed by atoms with Crippen molar-refractivity contribution in [2.75, 3.05) is 0 Å². The maximum atomic E-state index is 11.8. The van der Waals surface area contributed by atoms with Crippen LogP contribution in [0.25, 0.3) is 0 Å². The molecule has 20 nitrogen and oxygen atoms in total. The molecule has 5 saturated heterocycles. The summed E-state index contributed by atoms with van der Waals surface area (Å²) in [7, 11) is 0. The fraction of sp³-hybridized carbons (Fsp3) is 0.690. The van der Waals surface area contributed by atoms with E-state index in [1.165, 1.54) is 13.3 Å². The maximum Gasteiger partial charge on any atom is 0.348 e. The number of cyclic esters (lactones) is 1. The Kier molecular flexibility index (Phi) is 16.3. The third kappa shape index (κ3) is 12.7. The Hall–Kier alpha value is -5.70. The third-order valence-corrected chi connectivity index (χ3v) is 17.2. The third-order valence-electron chi connectivity index (χ3n) is 17.2. The molecule has 14 rings (SSSR count). The van der Waals surface area contributed by atoms with E-state index in [0.717, 1.165) is 76.4 Å². The average molecular weight is 1090 g/mol. The second kappa shape index (κ2) is 21.7.